The molecule has 0 bridgehead atoms. The van der Waals surface area contributed by atoms with Crippen LogP contribution in [-0.4, -0.2) is 45.1 Å². The Morgan fingerprint density at radius 1 is 1.35 bits per heavy atom. The van der Waals surface area contributed by atoms with Crippen LogP contribution in [0.1, 0.15) is 40.5 Å². The summed E-state index contributed by atoms with van der Waals surface area (Å²) in [6.07, 6.45) is 5.31. The fourth-order valence-corrected chi connectivity index (χ4v) is 4.26. The van der Waals surface area contributed by atoms with E-state index in [4.69, 9.17) is 0 Å². The number of nitrogens with zero attached hydrogens (tertiary/aromatic N) is 1. The van der Waals surface area contributed by atoms with Crippen molar-refractivity contribution in [1.82, 2.24) is 9.62 Å². The van der Waals surface area contributed by atoms with Gasteiger partial charge in [0.1, 0.15) is 0 Å². The van der Waals surface area contributed by atoms with Crippen molar-refractivity contribution in [3.63, 3.8) is 0 Å². The monoisotopic (exact) mass is 342 g/mol. The van der Waals surface area contributed by atoms with Gasteiger partial charge >= 0.3 is 0 Å². The third-order valence-corrected chi connectivity index (χ3v) is 5.85. The fourth-order valence-electron chi connectivity index (χ4n) is 3.72. The molecule has 0 aromatic rings. The summed E-state index contributed by atoms with van der Waals surface area (Å²) in [5, 5.41) is 0. The summed E-state index contributed by atoms with van der Waals surface area (Å²) in [5.41, 5.74) is 1.29. The Morgan fingerprint density at radius 3 is 2.57 bits per heavy atom. The van der Waals surface area contributed by atoms with Crippen LogP contribution in [0.4, 0.5) is 0 Å². The third kappa shape index (κ3) is 4.57. The molecular formula is C17H30N2O3S. The maximum atomic E-state index is 12.9. The van der Waals surface area contributed by atoms with Crippen molar-refractivity contribution >= 4 is 15.9 Å². The second-order valence-corrected chi connectivity index (χ2v) is 9.81. The average Bonchev–Trinajstić information content (AvgIpc) is 2.95. The number of allylic oxidation sites excluding steroid dienone is 2. The Bertz CT molecular complexity index is 591. The number of carbonyl (C=O) groups excluding carboxylic acids is 1. The normalized spacial score (nSPS) is 30.0. The van der Waals surface area contributed by atoms with Gasteiger partial charge in [-0.3, -0.25) is 4.79 Å². The number of piperidine rings is 1. The van der Waals surface area contributed by atoms with Gasteiger partial charge < -0.3 is 4.90 Å². The molecule has 2 rings (SSSR count). The average molecular weight is 343 g/mol. The Morgan fingerprint density at radius 2 is 2.00 bits per heavy atom. The molecule has 0 aromatic heterocycles. The minimum atomic E-state index is -3.17. The van der Waals surface area contributed by atoms with Crippen molar-refractivity contribution < 1.29 is 13.2 Å². The SMILES string of the molecule is CC(C)=C[C@@H]1[C@@H](C(=O)N2CCC[C@H](CNS(C)(=O)=O)C2)C1(C)C. The van der Waals surface area contributed by atoms with Gasteiger partial charge in [0.2, 0.25) is 15.9 Å². The maximum absolute atomic E-state index is 12.9. The highest BCUT2D eigenvalue weighted by atomic mass is 32.2. The first-order valence-electron chi connectivity index (χ1n) is 8.41. The van der Waals surface area contributed by atoms with E-state index in [1.165, 1.54) is 11.8 Å². The minimum absolute atomic E-state index is 0.0340. The molecule has 3 atom stereocenters. The highest BCUT2D eigenvalue weighted by Crippen LogP contribution is 2.60. The largest absolute Gasteiger partial charge is 0.342 e. The summed E-state index contributed by atoms with van der Waals surface area (Å²) >= 11 is 0. The van der Waals surface area contributed by atoms with Crippen LogP contribution in [0.3, 0.4) is 0 Å². The summed E-state index contributed by atoms with van der Waals surface area (Å²) in [7, 11) is -3.17. The van der Waals surface area contributed by atoms with E-state index in [1.54, 1.807) is 0 Å². The first kappa shape index (κ1) is 18.5. The van der Waals surface area contributed by atoms with Crippen molar-refractivity contribution in [1.29, 1.82) is 0 Å². The van der Waals surface area contributed by atoms with E-state index < -0.39 is 10.0 Å². The summed E-state index contributed by atoms with van der Waals surface area (Å²) in [6, 6.07) is 0. The van der Waals surface area contributed by atoms with Crippen LogP contribution in [0.15, 0.2) is 11.6 Å². The summed E-state index contributed by atoms with van der Waals surface area (Å²) in [6.45, 7) is 10.3. The molecule has 0 radical (unpaired) electrons. The number of amides is 1. The molecule has 5 nitrogen and oxygen atoms in total. The fraction of sp³-hybridized carbons (Fsp3) is 0.824. The van der Waals surface area contributed by atoms with Crippen LogP contribution in [-0.2, 0) is 14.8 Å². The van der Waals surface area contributed by atoms with Crippen molar-refractivity contribution in [3.8, 4) is 0 Å². The lowest BCUT2D eigenvalue weighted by Crippen LogP contribution is -2.44. The van der Waals surface area contributed by atoms with Crippen molar-refractivity contribution in [2.75, 3.05) is 25.9 Å². The molecule has 23 heavy (non-hydrogen) atoms. The number of hydrogen-bond acceptors (Lipinski definition) is 3. The van der Waals surface area contributed by atoms with E-state index >= 15 is 0 Å². The van der Waals surface area contributed by atoms with Crippen molar-refractivity contribution in [2.45, 2.75) is 40.5 Å². The molecule has 0 unspecified atom stereocenters. The quantitative estimate of drug-likeness (QED) is 0.777. The predicted molar refractivity (Wildman–Crippen MR) is 92.3 cm³/mol. The Hall–Kier alpha value is -0.880. The molecule has 6 heteroatoms. The maximum Gasteiger partial charge on any atom is 0.226 e. The van der Waals surface area contributed by atoms with E-state index in [9.17, 15) is 13.2 Å². The first-order valence-corrected chi connectivity index (χ1v) is 10.3. The van der Waals surface area contributed by atoms with Gasteiger partial charge in [-0.2, -0.15) is 0 Å². The highest BCUT2D eigenvalue weighted by molar-refractivity contribution is 7.88. The predicted octanol–water partition coefficient (Wildman–Crippen LogP) is 2.01. The van der Waals surface area contributed by atoms with Crippen molar-refractivity contribution in [3.05, 3.63) is 11.6 Å². The van der Waals surface area contributed by atoms with Gasteiger partial charge in [0.15, 0.2) is 0 Å². The van der Waals surface area contributed by atoms with Crippen LogP contribution in [0.25, 0.3) is 0 Å². The van der Waals surface area contributed by atoms with E-state index in [1.807, 2.05) is 4.90 Å². The van der Waals surface area contributed by atoms with E-state index in [0.29, 0.717) is 19.0 Å². The van der Waals surface area contributed by atoms with Gasteiger partial charge in [-0.15, -0.1) is 0 Å². The molecule has 0 spiro atoms. The molecule has 1 amide bonds. The van der Waals surface area contributed by atoms with Crippen LogP contribution in [0.5, 0.6) is 0 Å². The number of nitrogens with one attached hydrogen (secondary N) is 1. The topological polar surface area (TPSA) is 66.5 Å². The summed E-state index contributed by atoms with van der Waals surface area (Å²) in [5.74, 6) is 0.848. The van der Waals surface area contributed by atoms with E-state index in [2.05, 4.69) is 38.5 Å². The number of hydrogen-bond donors (Lipinski definition) is 1. The molecule has 0 aromatic carbocycles. The van der Waals surface area contributed by atoms with Gasteiger partial charge in [0.25, 0.3) is 0 Å². The molecule has 2 aliphatic rings. The second kappa shape index (κ2) is 6.55. The zero-order valence-electron chi connectivity index (χ0n) is 14.9. The Kier molecular flexibility index (Phi) is 5.26. The Labute approximate surface area is 140 Å². The van der Waals surface area contributed by atoms with E-state index in [0.717, 1.165) is 19.4 Å². The van der Waals surface area contributed by atoms with Gasteiger partial charge in [-0.1, -0.05) is 25.5 Å². The number of sulfonamides is 1. The lowest BCUT2D eigenvalue weighted by atomic mass is 9.97. The standard InChI is InChI=1S/C17H30N2O3S/c1-12(2)9-14-15(17(14,3)4)16(20)19-8-6-7-13(11-19)10-18-23(5,21)22/h9,13-15,18H,6-8,10-11H2,1-5H3/t13-,14-,15+/m1/s1. The summed E-state index contributed by atoms with van der Waals surface area (Å²) < 4.78 is 25.1. The van der Waals surface area contributed by atoms with E-state index in [-0.39, 0.29) is 23.2 Å². The molecule has 1 aliphatic heterocycles. The van der Waals surface area contributed by atoms with Gasteiger partial charge in [-0.25, -0.2) is 13.1 Å². The zero-order chi connectivity index (χ0) is 17.4. The third-order valence-electron chi connectivity index (χ3n) is 5.15. The zero-order valence-corrected chi connectivity index (χ0v) is 15.7. The van der Waals surface area contributed by atoms with Gasteiger partial charge in [0.05, 0.1) is 12.2 Å². The van der Waals surface area contributed by atoms with Crippen molar-refractivity contribution in [2.24, 2.45) is 23.2 Å². The summed E-state index contributed by atoms with van der Waals surface area (Å²) in [4.78, 5) is 14.8. The van der Waals surface area contributed by atoms with Crippen LogP contribution >= 0.6 is 0 Å². The minimum Gasteiger partial charge on any atom is -0.342 e. The smallest absolute Gasteiger partial charge is 0.226 e. The molecule has 1 aliphatic carbocycles. The van der Waals surface area contributed by atoms with Crippen LogP contribution in [0, 0.1) is 23.2 Å². The molecule has 132 valence electrons. The molecule has 2 fully saturated rings. The number of carbonyl (C=O) groups is 1. The molecule has 1 saturated carbocycles. The second-order valence-electron chi connectivity index (χ2n) is 7.98. The van der Waals surface area contributed by atoms with Crippen LogP contribution in [0.2, 0.25) is 0 Å². The lowest BCUT2D eigenvalue weighted by Gasteiger charge is -2.33. The molecule has 1 saturated heterocycles. The molecule has 1 N–H and O–H groups in total. The highest BCUT2D eigenvalue weighted by Gasteiger charge is 2.61. The lowest BCUT2D eigenvalue weighted by molar-refractivity contribution is -0.135. The molecule has 1 heterocycles. The number of rotatable bonds is 5. The number of likely N-dealkylation sites (tertiary alicyclic amines) is 1. The molecular weight excluding hydrogens is 312 g/mol. The first-order chi connectivity index (χ1) is 10.5. The van der Waals surface area contributed by atoms with Gasteiger partial charge in [-0.05, 0) is 43.9 Å². The Balaban J connectivity index is 1.96. The van der Waals surface area contributed by atoms with Gasteiger partial charge in [0, 0.05) is 19.6 Å². The van der Waals surface area contributed by atoms with Crippen LogP contribution < -0.4 is 4.72 Å².